The summed E-state index contributed by atoms with van der Waals surface area (Å²) in [6, 6.07) is 5.86. The average molecular weight is 178 g/mol. The first-order chi connectivity index (χ1) is 5.95. The minimum atomic E-state index is 0.0231. The molecular weight excluding hydrogens is 160 g/mol. The van der Waals surface area contributed by atoms with E-state index in [1.807, 2.05) is 6.07 Å². The molecule has 0 atom stereocenters. The number of aromatic hydroxyl groups is 1. The van der Waals surface area contributed by atoms with Crippen LogP contribution in [0.15, 0.2) is 18.2 Å². The van der Waals surface area contributed by atoms with Crippen molar-refractivity contribution in [1.82, 2.24) is 0 Å². The average Bonchev–Trinajstić information content (AvgIpc) is 2.03. The third-order valence-electron chi connectivity index (χ3n) is 2.28. The molecule has 1 aromatic carbocycles. The third kappa shape index (κ3) is 2.24. The highest BCUT2D eigenvalue weighted by Crippen LogP contribution is 2.31. The van der Waals surface area contributed by atoms with Crippen LogP contribution in [0.1, 0.15) is 38.8 Å². The quantitative estimate of drug-likeness (QED) is 0.700. The minimum Gasteiger partial charge on any atom is -0.508 e. The van der Waals surface area contributed by atoms with Gasteiger partial charge >= 0.3 is 0 Å². The molecule has 1 N–H and O–H groups in total. The summed E-state index contributed by atoms with van der Waals surface area (Å²) in [5, 5.41) is 9.67. The molecule has 0 saturated carbocycles. The zero-order valence-corrected chi connectivity index (χ0v) is 8.89. The van der Waals surface area contributed by atoms with E-state index in [-0.39, 0.29) is 5.41 Å². The number of aryl methyl sites for hydroxylation is 1. The molecule has 13 heavy (non-hydrogen) atoms. The van der Waals surface area contributed by atoms with E-state index >= 15 is 0 Å². The Morgan fingerprint density at radius 2 is 1.85 bits per heavy atom. The Hall–Kier alpha value is -0.980. The van der Waals surface area contributed by atoms with E-state index in [1.165, 1.54) is 5.56 Å². The van der Waals surface area contributed by atoms with Crippen LogP contribution in [0.5, 0.6) is 5.75 Å². The van der Waals surface area contributed by atoms with Crippen LogP contribution in [0.4, 0.5) is 0 Å². The molecule has 72 valence electrons. The molecule has 1 rings (SSSR count). The molecule has 0 radical (unpaired) electrons. The summed E-state index contributed by atoms with van der Waals surface area (Å²) in [4.78, 5) is 0. The maximum absolute atomic E-state index is 9.67. The Balaban J connectivity index is 3.19. The summed E-state index contributed by atoms with van der Waals surface area (Å²) in [6.07, 6.45) is 1.02. The molecule has 0 aliphatic carbocycles. The van der Waals surface area contributed by atoms with Crippen molar-refractivity contribution in [3.63, 3.8) is 0 Å². The lowest BCUT2D eigenvalue weighted by Gasteiger charge is -2.21. The van der Waals surface area contributed by atoms with Crippen molar-refractivity contribution < 1.29 is 5.11 Å². The Kier molecular flexibility index (Phi) is 2.65. The standard InChI is InChI=1S/C12H18O/c1-5-9-6-7-11(13)10(8-9)12(2,3)4/h6-8,13H,5H2,1-4H3. The number of hydrogen-bond acceptors (Lipinski definition) is 1. The highest BCUT2D eigenvalue weighted by atomic mass is 16.3. The lowest BCUT2D eigenvalue weighted by molar-refractivity contribution is 0.446. The summed E-state index contributed by atoms with van der Waals surface area (Å²) in [7, 11) is 0. The molecule has 1 aromatic rings. The maximum Gasteiger partial charge on any atom is 0.119 e. The molecule has 0 fully saturated rings. The van der Waals surface area contributed by atoms with Gasteiger partial charge in [0.25, 0.3) is 0 Å². The predicted octanol–water partition coefficient (Wildman–Crippen LogP) is 3.25. The molecular formula is C12H18O. The lowest BCUT2D eigenvalue weighted by Crippen LogP contribution is -2.11. The fourth-order valence-electron chi connectivity index (χ4n) is 1.40. The number of hydrogen-bond donors (Lipinski definition) is 1. The molecule has 0 bridgehead atoms. The second kappa shape index (κ2) is 3.41. The first-order valence-electron chi connectivity index (χ1n) is 4.77. The van der Waals surface area contributed by atoms with Gasteiger partial charge in [-0.15, -0.1) is 0 Å². The van der Waals surface area contributed by atoms with E-state index in [2.05, 4.69) is 33.8 Å². The second-order valence-electron chi connectivity index (χ2n) is 4.46. The van der Waals surface area contributed by atoms with Crippen LogP contribution in [0.2, 0.25) is 0 Å². The number of phenolic OH excluding ortho intramolecular Hbond substituents is 1. The van der Waals surface area contributed by atoms with Crippen LogP contribution in [-0.4, -0.2) is 5.11 Å². The predicted molar refractivity (Wildman–Crippen MR) is 56.2 cm³/mol. The summed E-state index contributed by atoms with van der Waals surface area (Å²) in [6.45, 7) is 8.46. The molecule has 0 aromatic heterocycles. The highest BCUT2D eigenvalue weighted by Gasteiger charge is 2.17. The first-order valence-corrected chi connectivity index (χ1v) is 4.77. The summed E-state index contributed by atoms with van der Waals surface area (Å²) < 4.78 is 0. The number of benzene rings is 1. The van der Waals surface area contributed by atoms with Crippen molar-refractivity contribution in [3.05, 3.63) is 29.3 Å². The topological polar surface area (TPSA) is 20.2 Å². The van der Waals surface area contributed by atoms with Gasteiger partial charge in [-0.3, -0.25) is 0 Å². The number of rotatable bonds is 1. The molecule has 0 aliphatic heterocycles. The van der Waals surface area contributed by atoms with Gasteiger partial charge in [0.2, 0.25) is 0 Å². The van der Waals surface area contributed by atoms with Gasteiger partial charge in [-0.1, -0.05) is 39.8 Å². The van der Waals surface area contributed by atoms with Crippen LogP contribution in [0.3, 0.4) is 0 Å². The summed E-state index contributed by atoms with van der Waals surface area (Å²) >= 11 is 0. The Morgan fingerprint density at radius 3 is 2.31 bits per heavy atom. The van der Waals surface area contributed by atoms with Gasteiger partial charge in [0.15, 0.2) is 0 Å². The molecule has 1 nitrogen and oxygen atoms in total. The Labute approximate surface area is 80.4 Å². The van der Waals surface area contributed by atoms with E-state index in [0.717, 1.165) is 12.0 Å². The molecule has 0 heterocycles. The van der Waals surface area contributed by atoms with Gasteiger partial charge in [0.05, 0.1) is 0 Å². The SMILES string of the molecule is CCc1ccc(O)c(C(C)(C)C)c1. The Morgan fingerprint density at radius 1 is 1.23 bits per heavy atom. The van der Waals surface area contributed by atoms with Crippen LogP contribution < -0.4 is 0 Å². The largest absolute Gasteiger partial charge is 0.508 e. The molecule has 1 heteroatoms. The van der Waals surface area contributed by atoms with E-state index in [4.69, 9.17) is 0 Å². The second-order valence-corrected chi connectivity index (χ2v) is 4.46. The highest BCUT2D eigenvalue weighted by molar-refractivity contribution is 5.40. The van der Waals surface area contributed by atoms with Crippen molar-refractivity contribution >= 4 is 0 Å². The van der Waals surface area contributed by atoms with Gasteiger partial charge in [0.1, 0.15) is 5.75 Å². The monoisotopic (exact) mass is 178 g/mol. The van der Waals surface area contributed by atoms with Crippen LogP contribution in [0, 0.1) is 0 Å². The lowest BCUT2D eigenvalue weighted by atomic mass is 9.85. The fourth-order valence-corrected chi connectivity index (χ4v) is 1.40. The van der Waals surface area contributed by atoms with Gasteiger partial charge in [-0.05, 0) is 29.0 Å². The first kappa shape index (κ1) is 10.1. The molecule has 0 amide bonds. The fraction of sp³-hybridized carbons (Fsp3) is 0.500. The molecule has 0 spiro atoms. The zero-order chi connectivity index (χ0) is 10.1. The van der Waals surface area contributed by atoms with Gasteiger partial charge in [-0.25, -0.2) is 0 Å². The van der Waals surface area contributed by atoms with Crippen molar-refractivity contribution in [2.24, 2.45) is 0 Å². The van der Waals surface area contributed by atoms with Crippen molar-refractivity contribution in [2.75, 3.05) is 0 Å². The smallest absolute Gasteiger partial charge is 0.119 e. The van der Waals surface area contributed by atoms with Crippen molar-refractivity contribution in [3.8, 4) is 5.75 Å². The van der Waals surface area contributed by atoms with Gasteiger partial charge < -0.3 is 5.11 Å². The maximum atomic E-state index is 9.67. The molecule has 0 saturated heterocycles. The van der Waals surface area contributed by atoms with E-state index < -0.39 is 0 Å². The van der Waals surface area contributed by atoms with E-state index in [9.17, 15) is 5.11 Å². The normalized spacial score (nSPS) is 11.7. The van der Waals surface area contributed by atoms with E-state index in [1.54, 1.807) is 6.07 Å². The van der Waals surface area contributed by atoms with Crippen LogP contribution in [-0.2, 0) is 11.8 Å². The van der Waals surface area contributed by atoms with E-state index in [0.29, 0.717) is 5.75 Å². The minimum absolute atomic E-state index is 0.0231. The van der Waals surface area contributed by atoms with Crippen molar-refractivity contribution in [2.45, 2.75) is 39.5 Å². The van der Waals surface area contributed by atoms with Crippen molar-refractivity contribution in [1.29, 1.82) is 0 Å². The Bertz CT molecular complexity index is 294. The zero-order valence-electron chi connectivity index (χ0n) is 8.89. The van der Waals surface area contributed by atoms with Gasteiger partial charge in [0, 0.05) is 0 Å². The molecule has 0 aliphatic rings. The van der Waals surface area contributed by atoms with Gasteiger partial charge in [-0.2, -0.15) is 0 Å². The summed E-state index contributed by atoms with van der Waals surface area (Å²) in [5.74, 6) is 0.407. The number of phenols is 1. The third-order valence-corrected chi connectivity index (χ3v) is 2.28. The van der Waals surface area contributed by atoms with Crippen LogP contribution in [0.25, 0.3) is 0 Å². The molecule has 0 unspecified atom stereocenters. The van der Waals surface area contributed by atoms with Crippen LogP contribution >= 0.6 is 0 Å². The summed E-state index contributed by atoms with van der Waals surface area (Å²) in [5.41, 5.74) is 2.34.